The van der Waals surface area contributed by atoms with Gasteiger partial charge in [0, 0.05) is 20.7 Å². The molecule has 1 rings (SSSR count). The van der Waals surface area contributed by atoms with Crippen molar-refractivity contribution in [2.24, 2.45) is 0 Å². The van der Waals surface area contributed by atoms with E-state index in [1.165, 1.54) is 6.33 Å². The second-order valence-electron chi connectivity index (χ2n) is 2.81. The number of nitrogen functional groups attached to an aromatic ring is 1. The van der Waals surface area contributed by atoms with Crippen molar-refractivity contribution in [3.63, 3.8) is 0 Å². The van der Waals surface area contributed by atoms with Crippen molar-refractivity contribution in [2.45, 2.75) is 0 Å². The third kappa shape index (κ3) is 2.55. The van der Waals surface area contributed by atoms with Crippen LogP contribution in [0, 0.1) is 0 Å². The Morgan fingerprint density at radius 1 is 1.57 bits per heavy atom. The third-order valence-electron chi connectivity index (χ3n) is 1.79. The molecule has 1 heterocycles. The van der Waals surface area contributed by atoms with Crippen molar-refractivity contribution < 1.29 is 4.74 Å². The molecule has 14 heavy (non-hydrogen) atoms. The molecule has 0 aromatic carbocycles. The normalized spacial score (nSPS) is 10.2. The Hall–Kier alpha value is -0.880. The zero-order chi connectivity index (χ0) is 10.6. The van der Waals surface area contributed by atoms with Gasteiger partial charge in [-0.2, -0.15) is 0 Å². The summed E-state index contributed by atoms with van der Waals surface area (Å²) in [5.41, 5.74) is 5.63. The monoisotopic (exact) mass is 260 g/mol. The number of hydrogen-bond acceptors (Lipinski definition) is 5. The Kier molecular flexibility index (Phi) is 4.09. The molecule has 1 aromatic heterocycles. The third-order valence-corrected chi connectivity index (χ3v) is 2.55. The van der Waals surface area contributed by atoms with Gasteiger partial charge in [-0.05, 0) is 15.9 Å². The van der Waals surface area contributed by atoms with Crippen molar-refractivity contribution in [3.05, 3.63) is 10.8 Å². The minimum atomic E-state index is 0.444. The number of nitrogens with two attached hydrogens (primary N) is 1. The summed E-state index contributed by atoms with van der Waals surface area (Å²) in [4.78, 5) is 9.94. The van der Waals surface area contributed by atoms with Crippen molar-refractivity contribution in [2.75, 3.05) is 37.9 Å². The molecule has 5 nitrogen and oxygen atoms in total. The Morgan fingerprint density at radius 3 is 2.93 bits per heavy atom. The minimum absolute atomic E-state index is 0.444. The molecule has 0 fully saturated rings. The van der Waals surface area contributed by atoms with E-state index in [-0.39, 0.29) is 0 Å². The van der Waals surface area contributed by atoms with E-state index in [4.69, 9.17) is 10.5 Å². The summed E-state index contributed by atoms with van der Waals surface area (Å²) < 4.78 is 5.69. The molecule has 0 unspecified atom stereocenters. The number of likely N-dealkylation sites (N-methyl/N-ethyl adjacent to an activating group) is 1. The standard InChI is InChI=1S/C8H13BrN4O/c1-13(3-4-14-2)8-6(9)7(10)11-5-12-8/h5H,3-4H2,1-2H3,(H2,10,11,12). The largest absolute Gasteiger partial charge is 0.383 e. The minimum Gasteiger partial charge on any atom is -0.383 e. The van der Waals surface area contributed by atoms with Gasteiger partial charge in [0.15, 0.2) is 0 Å². The van der Waals surface area contributed by atoms with Crippen LogP contribution >= 0.6 is 15.9 Å². The Bertz CT molecular complexity index is 307. The second-order valence-corrected chi connectivity index (χ2v) is 3.60. The average molecular weight is 261 g/mol. The molecular formula is C8H13BrN4O. The summed E-state index contributed by atoms with van der Waals surface area (Å²) in [6, 6.07) is 0. The lowest BCUT2D eigenvalue weighted by atomic mass is 10.4. The smallest absolute Gasteiger partial charge is 0.148 e. The lowest BCUT2D eigenvalue weighted by Crippen LogP contribution is -2.23. The number of nitrogens with zero attached hydrogens (tertiary/aromatic N) is 3. The van der Waals surface area contributed by atoms with Crippen LogP contribution in [0.25, 0.3) is 0 Å². The van der Waals surface area contributed by atoms with E-state index in [1.807, 2.05) is 11.9 Å². The maximum Gasteiger partial charge on any atom is 0.148 e. The van der Waals surface area contributed by atoms with Crippen LogP contribution in [0.5, 0.6) is 0 Å². The summed E-state index contributed by atoms with van der Waals surface area (Å²) >= 11 is 3.34. The van der Waals surface area contributed by atoms with E-state index in [0.717, 1.165) is 16.8 Å². The Balaban J connectivity index is 2.79. The van der Waals surface area contributed by atoms with E-state index in [0.29, 0.717) is 12.4 Å². The van der Waals surface area contributed by atoms with Crippen LogP contribution in [0.2, 0.25) is 0 Å². The van der Waals surface area contributed by atoms with E-state index in [2.05, 4.69) is 25.9 Å². The number of rotatable bonds is 4. The van der Waals surface area contributed by atoms with Crippen LogP contribution in [0.1, 0.15) is 0 Å². The van der Waals surface area contributed by atoms with Crippen LogP contribution in [-0.2, 0) is 4.74 Å². The van der Waals surface area contributed by atoms with Gasteiger partial charge in [0.1, 0.15) is 22.4 Å². The van der Waals surface area contributed by atoms with Gasteiger partial charge in [-0.3, -0.25) is 0 Å². The van der Waals surface area contributed by atoms with E-state index < -0.39 is 0 Å². The molecular weight excluding hydrogens is 248 g/mol. The molecule has 2 N–H and O–H groups in total. The molecule has 0 spiro atoms. The van der Waals surface area contributed by atoms with Gasteiger partial charge in [0.2, 0.25) is 0 Å². The van der Waals surface area contributed by atoms with Gasteiger partial charge in [0.05, 0.1) is 6.61 Å². The maximum atomic E-state index is 5.63. The van der Waals surface area contributed by atoms with Gasteiger partial charge in [-0.15, -0.1) is 0 Å². The average Bonchev–Trinajstić information content (AvgIpc) is 2.18. The number of hydrogen-bond donors (Lipinski definition) is 1. The summed E-state index contributed by atoms with van der Waals surface area (Å²) in [5, 5.41) is 0. The fraction of sp³-hybridized carbons (Fsp3) is 0.500. The van der Waals surface area contributed by atoms with Crippen LogP contribution in [0.15, 0.2) is 10.8 Å². The van der Waals surface area contributed by atoms with Crippen molar-refractivity contribution in [1.82, 2.24) is 9.97 Å². The molecule has 0 atom stereocenters. The quantitative estimate of drug-likeness (QED) is 0.872. The summed E-state index contributed by atoms with van der Waals surface area (Å²) in [7, 11) is 3.59. The van der Waals surface area contributed by atoms with Gasteiger partial charge in [0.25, 0.3) is 0 Å². The molecule has 1 aromatic rings. The number of anilines is 2. The van der Waals surface area contributed by atoms with Crippen molar-refractivity contribution in [1.29, 1.82) is 0 Å². The molecule has 0 amide bonds. The first-order chi connectivity index (χ1) is 6.66. The second kappa shape index (κ2) is 5.11. The predicted octanol–water partition coefficient (Wildman–Crippen LogP) is 0.904. The molecule has 6 heteroatoms. The number of ether oxygens (including phenoxy) is 1. The van der Waals surface area contributed by atoms with Crippen LogP contribution in [0.3, 0.4) is 0 Å². The Labute approximate surface area is 91.4 Å². The fourth-order valence-corrected chi connectivity index (χ4v) is 1.48. The van der Waals surface area contributed by atoms with Crippen LogP contribution < -0.4 is 10.6 Å². The van der Waals surface area contributed by atoms with E-state index in [1.54, 1.807) is 7.11 Å². The number of halogens is 1. The zero-order valence-corrected chi connectivity index (χ0v) is 9.78. The highest BCUT2D eigenvalue weighted by Crippen LogP contribution is 2.26. The van der Waals surface area contributed by atoms with Crippen molar-refractivity contribution in [3.8, 4) is 0 Å². The van der Waals surface area contributed by atoms with E-state index >= 15 is 0 Å². The molecule has 78 valence electrons. The number of aromatic nitrogens is 2. The Morgan fingerprint density at radius 2 is 2.29 bits per heavy atom. The van der Waals surface area contributed by atoms with Gasteiger partial charge in [-0.25, -0.2) is 9.97 Å². The van der Waals surface area contributed by atoms with Crippen LogP contribution in [0.4, 0.5) is 11.6 Å². The first kappa shape index (κ1) is 11.2. The molecule has 0 bridgehead atoms. The topological polar surface area (TPSA) is 64.3 Å². The zero-order valence-electron chi connectivity index (χ0n) is 8.20. The molecule has 0 aliphatic rings. The van der Waals surface area contributed by atoms with Crippen LogP contribution in [-0.4, -0.2) is 37.3 Å². The SMILES string of the molecule is COCCN(C)c1ncnc(N)c1Br. The van der Waals surface area contributed by atoms with Gasteiger partial charge < -0.3 is 15.4 Å². The first-order valence-electron chi connectivity index (χ1n) is 4.13. The van der Waals surface area contributed by atoms with Gasteiger partial charge in [-0.1, -0.05) is 0 Å². The van der Waals surface area contributed by atoms with Crippen molar-refractivity contribution >= 4 is 27.6 Å². The molecule has 0 saturated heterocycles. The molecule has 0 saturated carbocycles. The highest BCUT2D eigenvalue weighted by Gasteiger charge is 2.09. The first-order valence-corrected chi connectivity index (χ1v) is 4.92. The fourth-order valence-electron chi connectivity index (χ4n) is 0.974. The lowest BCUT2D eigenvalue weighted by Gasteiger charge is -2.18. The van der Waals surface area contributed by atoms with Gasteiger partial charge >= 0.3 is 0 Å². The highest BCUT2D eigenvalue weighted by atomic mass is 79.9. The number of methoxy groups -OCH3 is 1. The van der Waals surface area contributed by atoms with E-state index in [9.17, 15) is 0 Å². The summed E-state index contributed by atoms with van der Waals surface area (Å²) in [5.74, 6) is 1.22. The maximum absolute atomic E-state index is 5.63. The summed E-state index contributed by atoms with van der Waals surface area (Å²) in [6.07, 6.45) is 1.44. The molecule has 0 aliphatic heterocycles. The highest BCUT2D eigenvalue weighted by molar-refractivity contribution is 9.10. The summed E-state index contributed by atoms with van der Waals surface area (Å²) in [6.45, 7) is 1.40. The lowest BCUT2D eigenvalue weighted by molar-refractivity contribution is 0.206. The molecule has 0 radical (unpaired) electrons. The molecule has 0 aliphatic carbocycles. The predicted molar refractivity (Wildman–Crippen MR) is 59.3 cm³/mol.